The minimum Gasteiger partial charge on any atom is -0.463 e. The predicted octanol–water partition coefficient (Wildman–Crippen LogP) is 5.47. The minimum absolute atomic E-state index is 0.149. The molecule has 0 aromatic heterocycles. The second-order valence-electron chi connectivity index (χ2n) is 15.0. The third kappa shape index (κ3) is 12.9. The molecule has 3 fully saturated rings. The fourth-order valence-electron chi connectivity index (χ4n) is 7.33. The molecule has 0 radical (unpaired) electrons. The van der Waals surface area contributed by atoms with Gasteiger partial charge < -0.3 is 52.1 Å². The lowest BCUT2D eigenvalue weighted by atomic mass is 9.96. The van der Waals surface area contributed by atoms with Crippen molar-refractivity contribution in [2.45, 2.75) is 128 Å². The first-order chi connectivity index (χ1) is 28.6. The van der Waals surface area contributed by atoms with E-state index >= 15 is 0 Å². The molecule has 3 aromatic carbocycles. The summed E-state index contributed by atoms with van der Waals surface area (Å²) < 4.78 is 69.1. The lowest BCUT2D eigenvalue weighted by Gasteiger charge is -2.47. The van der Waals surface area contributed by atoms with E-state index in [2.05, 4.69) is 0 Å². The number of benzene rings is 3. The Kier molecular flexibility index (Phi) is 16.4. The fraction of sp³-hybridized carbons (Fsp3) is 0.533. The van der Waals surface area contributed by atoms with Crippen LogP contribution in [0, 0.1) is 5.92 Å². The second-order valence-corrected chi connectivity index (χ2v) is 15.0. The van der Waals surface area contributed by atoms with Gasteiger partial charge in [0.05, 0.1) is 32.5 Å². The van der Waals surface area contributed by atoms with Crippen molar-refractivity contribution in [1.82, 2.24) is 0 Å². The molecule has 2 heterocycles. The van der Waals surface area contributed by atoms with Crippen LogP contribution in [0.4, 0.5) is 0 Å². The first-order valence-electron chi connectivity index (χ1n) is 20.1. The number of ether oxygens (including phenoxy) is 11. The summed E-state index contributed by atoms with van der Waals surface area (Å²) in [7, 11) is 1.53. The highest BCUT2D eigenvalue weighted by Crippen LogP contribution is 2.38. The summed E-state index contributed by atoms with van der Waals surface area (Å²) in [6.45, 7) is 5.90. The maximum atomic E-state index is 12.6. The topological polar surface area (TPSA) is 153 Å². The number of hydrogen-bond donors (Lipinski definition) is 0. The average molecular weight is 821 g/mol. The summed E-state index contributed by atoms with van der Waals surface area (Å²) in [5.74, 6) is -1.60. The summed E-state index contributed by atoms with van der Waals surface area (Å²) >= 11 is 0. The van der Waals surface area contributed by atoms with Crippen molar-refractivity contribution in [3.05, 3.63) is 108 Å². The lowest BCUT2D eigenvalue weighted by molar-refractivity contribution is -0.347. The van der Waals surface area contributed by atoms with Crippen molar-refractivity contribution in [2.75, 3.05) is 20.3 Å². The van der Waals surface area contributed by atoms with Crippen molar-refractivity contribution in [2.24, 2.45) is 5.92 Å². The Morgan fingerprint density at radius 3 is 1.53 bits per heavy atom. The summed E-state index contributed by atoms with van der Waals surface area (Å²) in [5, 5.41) is 0. The van der Waals surface area contributed by atoms with Gasteiger partial charge in [-0.1, -0.05) is 91.0 Å². The Bertz CT molecular complexity index is 1740. The lowest BCUT2D eigenvalue weighted by Crippen LogP contribution is -2.64. The molecule has 1 aliphatic carbocycles. The molecule has 2 unspecified atom stereocenters. The first-order valence-corrected chi connectivity index (χ1v) is 20.1. The molecule has 14 heteroatoms. The van der Waals surface area contributed by atoms with Gasteiger partial charge in [0.25, 0.3) is 0 Å². The molecular weight excluding hydrogens is 764 g/mol. The van der Waals surface area contributed by atoms with Crippen LogP contribution >= 0.6 is 0 Å². The fourth-order valence-corrected chi connectivity index (χ4v) is 7.33. The third-order valence-corrected chi connectivity index (χ3v) is 10.4. The predicted molar refractivity (Wildman–Crippen MR) is 210 cm³/mol. The normalized spacial score (nSPS) is 28.6. The van der Waals surface area contributed by atoms with E-state index in [1.807, 2.05) is 97.9 Å². The molecule has 320 valence electrons. The van der Waals surface area contributed by atoms with Gasteiger partial charge in [-0.3, -0.25) is 14.4 Å². The highest BCUT2D eigenvalue weighted by molar-refractivity contribution is 5.68. The van der Waals surface area contributed by atoms with Crippen LogP contribution in [0.2, 0.25) is 0 Å². The van der Waals surface area contributed by atoms with Crippen molar-refractivity contribution in [3.8, 4) is 0 Å². The van der Waals surface area contributed by atoms with Crippen LogP contribution in [0.25, 0.3) is 0 Å². The molecule has 14 nitrogen and oxygen atoms in total. The van der Waals surface area contributed by atoms with Crippen molar-refractivity contribution < 1.29 is 66.5 Å². The number of rotatable bonds is 20. The molecule has 3 aliphatic rings. The van der Waals surface area contributed by atoms with Crippen molar-refractivity contribution in [1.29, 1.82) is 0 Å². The van der Waals surface area contributed by atoms with Gasteiger partial charge in [0.15, 0.2) is 24.8 Å². The van der Waals surface area contributed by atoms with Crippen molar-refractivity contribution in [3.63, 3.8) is 0 Å². The highest BCUT2D eigenvalue weighted by atomic mass is 16.8. The van der Waals surface area contributed by atoms with E-state index in [0.29, 0.717) is 0 Å². The van der Waals surface area contributed by atoms with E-state index in [1.165, 1.54) is 27.9 Å². The molecule has 6 rings (SSSR count). The molecule has 59 heavy (non-hydrogen) atoms. The van der Waals surface area contributed by atoms with Crippen LogP contribution in [-0.4, -0.2) is 106 Å². The van der Waals surface area contributed by atoms with Crippen LogP contribution in [0.3, 0.4) is 0 Å². The quantitative estimate of drug-likeness (QED) is 0.105. The van der Waals surface area contributed by atoms with Gasteiger partial charge in [-0.15, -0.1) is 0 Å². The summed E-state index contributed by atoms with van der Waals surface area (Å²) in [5.41, 5.74) is 2.83. The molecule has 1 saturated carbocycles. The summed E-state index contributed by atoms with van der Waals surface area (Å²) in [6, 6.07) is 29.3. The highest BCUT2D eigenvalue weighted by Gasteiger charge is 2.54. The van der Waals surface area contributed by atoms with E-state index < -0.39 is 79.3 Å². The molecule has 2 aliphatic heterocycles. The van der Waals surface area contributed by atoms with Gasteiger partial charge in [-0.05, 0) is 42.4 Å². The number of carbonyl (C=O) groups is 3. The molecule has 3 aromatic rings. The molecule has 11 atom stereocenters. The molecule has 0 N–H and O–H groups in total. The van der Waals surface area contributed by atoms with Crippen molar-refractivity contribution >= 4 is 17.9 Å². The van der Waals surface area contributed by atoms with E-state index in [1.54, 1.807) is 0 Å². The van der Waals surface area contributed by atoms with Crippen LogP contribution < -0.4 is 0 Å². The maximum Gasteiger partial charge on any atom is 0.303 e. The Hall–Kier alpha value is -4.25. The Morgan fingerprint density at radius 1 is 0.559 bits per heavy atom. The monoisotopic (exact) mass is 820 g/mol. The molecule has 2 saturated heterocycles. The largest absolute Gasteiger partial charge is 0.463 e. The number of methoxy groups -OCH3 is 1. The summed E-state index contributed by atoms with van der Waals surface area (Å²) in [4.78, 5) is 37.0. The number of esters is 3. The van der Waals surface area contributed by atoms with Crippen LogP contribution in [0.5, 0.6) is 0 Å². The van der Waals surface area contributed by atoms with E-state index in [9.17, 15) is 14.4 Å². The molecular formula is C45H56O14. The van der Waals surface area contributed by atoms with Gasteiger partial charge in [-0.2, -0.15) is 0 Å². The van der Waals surface area contributed by atoms with E-state index in [-0.39, 0.29) is 45.1 Å². The standard InChI is InChI=1S/C45H56O14/c1-28(35-21-22-35)55-43-41(57-31(4)48)39(56-30(3)47)37(26-50-29(2)46)59-45(43)54-27-36-38(51-23-32-15-9-6-10-16-32)40(52-24-33-17-11-7-12-18-33)42(44(49-5)58-36)53-25-34-19-13-8-14-20-34/h6-20,28,35-45H,21-27H2,1-5H3/t28?,36-,37-,38-,39-,40+,41+,42+,43-,44+,45?/m1/s1. The first kappa shape index (κ1) is 44.3. The zero-order valence-electron chi connectivity index (χ0n) is 34.3. The van der Waals surface area contributed by atoms with Gasteiger partial charge in [-0.25, -0.2) is 0 Å². The Balaban J connectivity index is 1.32. The van der Waals surface area contributed by atoms with Gasteiger partial charge in [0.2, 0.25) is 0 Å². The smallest absolute Gasteiger partial charge is 0.303 e. The zero-order chi connectivity index (χ0) is 41.7. The van der Waals surface area contributed by atoms with Crippen LogP contribution in [0.1, 0.15) is 57.2 Å². The number of hydrogen-bond acceptors (Lipinski definition) is 14. The van der Waals surface area contributed by atoms with Crippen LogP contribution in [0.15, 0.2) is 91.0 Å². The van der Waals surface area contributed by atoms with E-state index in [4.69, 9.17) is 52.1 Å². The Morgan fingerprint density at radius 2 is 1.03 bits per heavy atom. The van der Waals surface area contributed by atoms with Gasteiger partial charge >= 0.3 is 17.9 Å². The minimum atomic E-state index is -1.22. The second kappa shape index (κ2) is 21.8. The Labute approximate surface area is 345 Å². The van der Waals surface area contributed by atoms with Crippen LogP contribution in [-0.2, 0) is 86.3 Å². The maximum absolute atomic E-state index is 12.6. The number of carbonyl (C=O) groups excluding carboxylic acids is 3. The average Bonchev–Trinajstić information content (AvgIpc) is 4.09. The van der Waals surface area contributed by atoms with Gasteiger partial charge in [0, 0.05) is 27.9 Å². The molecule has 0 bridgehead atoms. The van der Waals surface area contributed by atoms with Gasteiger partial charge in [0.1, 0.15) is 43.2 Å². The zero-order valence-corrected chi connectivity index (χ0v) is 34.3. The SMILES string of the molecule is CO[C@H]1O[C@H](COC2O[C@H](COC(C)=O)[C@@H](OC(C)=O)[C@H](OC(C)=O)[C@H]2OC(C)C2CC2)[C@@H](OCc2ccccc2)[C@H](OCc2ccccc2)[C@@H]1OCc1ccccc1. The third-order valence-electron chi connectivity index (χ3n) is 10.4. The summed E-state index contributed by atoms with van der Waals surface area (Å²) in [6.07, 6.45) is -8.10. The molecule has 0 spiro atoms. The van der Waals surface area contributed by atoms with E-state index in [0.717, 1.165) is 29.5 Å². The molecule has 0 amide bonds.